The van der Waals surface area contributed by atoms with Crippen LogP contribution in [0.3, 0.4) is 0 Å². The molecular weight excluding hydrogens is 386 g/mol. The molecule has 1 N–H and O–H groups in total. The maximum Gasteiger partial charge on any atom is 0.303 e. The maximum absolute atomic E-state index is 11.2. The lowest BCUT2D eigenvalue weighted by molar-refractivity contribution is -0.136. The molecule has 2 aromatic carbocycles. The van der Waals surface area contributed by atoms with Crippen molar-refractivity contribution >= 4 is 39.2 Å². The largest absolute Gasteiger partial charge is 0.493 e. The van der Waals surface area contributed by atoms with E-state index in [0.717, 1.165) is 26.4 Å². The third-order valence-electron chi connectivity index (χ3n) is 4.28. The molecule has 0 aliphatic rings. The van der Waals surface area contributed by atoms with E-state index in [2.05, 4.69) is 13.8 Å². The molecule has 3 aromatic rings. The summed E-state index contributed by atoms with van der Waals surface area (Å²) in [5, 5.41) is 10.00. The van der Waals surface area contributed by atoms with Gasteiger partial charge in [0.05, 0.1) is 23.9 Å². The number of aliphatic carboxylic acids is 1. The Hall–Kier alpha value is -2.86. The van der Waals surface area contributed by atoms with Crippen molar-refractivity contribution in [2.75, 3.05) is 13.7 Å². The second-order valence-electron chi connectivity index (χ2n) is 7.17. The Balaban J connectivity index is 1.95. The van der Waals surface area contributed by atoms with E-state index in [0.29, 0.717) is 30.4 Å². The van der Waals surface area contributed by atoms with Gasteiger partial charge in [0.2, 0.25) is 0 Å². The minimum atomic E-state index is -0.827. The van der Waals surface area contributed by atoms with Crippen molar-refractivity contribution in [3.05, 3.63) is 53.0 Å². The second kappa shape index (κ2) is 9.56. The Morgan fingerprint density at radius 3 is 2.66 bits per heavy atom. The molecule has 0 unspecified atom stereocenters. The minimum absolute atomic E-state index is 0.0501. The fraction of sp³-hybridized carbons (Fsp3) is 0.304. The molecule has 1 heterocycles. The lowest BCUT2D eigenvalue weighted by atomic mass is 10.1. The van der Waals surface area contributed by atoms with Crippen LogP contribution in [0.25, 0.3) is 21.9 Å². The van der Waals surface area contributed by atoms with Crippen LogP contribution in [-0.2, 0) is 4.79 Å². The quantitative estimate of drug-likeness (QED) is 0.486. The molecular formula is C23H25NO4S. The van der Waals surface area contributed by atoms with Crippen molar-refractivity contribution in [3.8, 4) is 11.5 Å². The molecule has 0 saturated carbocycles. The number of allylic oxidation sites excluding steroid dienone is 1. The molecule has 1 aromatic heterocycles. The normalized spacial score (nSPS) is 11.8. The van der Waals surface area contributed by atoms with Crippen LogP contribution in [0.5, 0.6) is 11.5 Å². The molecule has 0 bridgehead atoms. The zero-order valence-electron chi connectivity index (χ0n) is 16.8. The molecule has 0 aliphatic carbocycles. The number of hydrogen-bond acceptors (Lipinski definition) is 5. The number of hydrogen-bond donors (Lipinski definition) is 1. The summed E-state index contributed by atoms with van der Waals surface area (Å²) in [7, 11) is 1.62. The number of fused-ring (bicyclic) bond motifs is 1. The summed E-state index contributed by atoms with van der Waals surface area (Å²) in [5.41, 5.74) is 2.73. The van der Waals surface area contributed by atoms with Crippen LogP contribution in [0.15, 0.2) is 42.5 Å². The number of methoxy groups -OCH3 is 1. The highest BCUT2D eigenvalue weighted by molar-refractivity contribution is 7.19. The SMILES string of the molecule is COc1cc(/C=C(\CCC(=O)O)c2nc3ccccc3s2)ccc1OCC(C)C. The fourth-order valence-electron chi connectivity index (χ4n) is 2.84. The number of thiazole rings is 1. The van der Waals surface area contributed by atoms with Crippen LogP contribution < -0.4 is 9.47 Å². The van der Waals surface area contributed by atoms with E-state index >= 15 is 0 Å². The van der Waals surface area contributed by atoms with Crippen LogP contribution >= 0.6 is 11.3 Å². The monoisotopic (exact) mass is 411 g/mol. The topological polar surface area (TPSA) is 68.7 Å². The molecule has 0 spiro atoms. The van der Waals surface area contributed by atoms with Gasteiger partial charge in [-0.05, 0) is 53.8 Å². The molecule has 29 heavy (non-hydrogen) atoms. The van der Waals surface area contributed by atoms with Gasteiger partial charge in [-0.3, -0.25) is 4.79 Å². The molecule has 3 rings (SSSR count). The summed E-state index contributed by atoms with van der Waals surface area (Å²) in [6, 6.07) is 13.7. The fourth-order valence-corrected chi connectivity index (χ4v) is 3.85. The second-order valence-corrected chi connectivity index (χ2v) is 8.20. The molecule has 0 aliphatic heterocycles. The molecule has 5 nitrogen and oxygen atoms in total. The Morgan fingerprint density at radius 1 is 1.17 bits per heavy atom. The van der Waals surface area contributed by atoms with Gasteiger partial charge in [0.1, 0.15) is 5.01 Å². The lowest BCUT2D eigenvalue weighted by Gasteiger charge is -2.13. The van der Waals surface area contributed by atoms with Crippen LogP contribution in [0.4, 0.5) is 0 Å². The number of nitrogens with zero attached hydrogens (tertiary/aromatic N) is 1. The Labute approximate surface area is 174 Å². The highest BCUT2D eigenvalue weighted by atomic mass is 32.1. The average molecular weight is 412 g/mol. The van der Waals surface area contributed by atoms with E-state index in [4.69, 9.17) is 19.6 Å². The van der Waals surface area contributed by atoms with Crippen LogP contribution in [0.1, 0.15) is 37.3 Å². The molecule has 152 valence electrons. The van der Waals surface area contributed by atoms with Crippen molar-refractivity contribution in [1.29, 1.82) is 0 Å². The third kappa shape index (κ3) is 5.57. The van der Waals surface area contributed by atoms with Crippen molar-refractivity contribution in [3.63, 3.8) is 0 Å². The van der Waals surface area contributed by atoms with E-state index in [9.17, 15) is 4.79 Å². The number of aromatic nitrogens is 1. The number of carbonyl (C=O) groups is 1. The van der Waals surface area contributed by atoms with Crippen LogP contribution in [-0.4, -0.2) is 29.8 Å². The molecule has 6 heteroatoms. The average Bonchev–Trinajstić information content (AvgIpc) is 3.13. The summed E-state index contributed by atoms with van der Waals surface area (Å²) >= 11 is 1.57. The number of carboxylic acids is 1. The molecule has 0 atom stereocenters. The van der Waals surface area contributed by atoms with Gasteiger partial charge in [-0.25, -0.2) is 4.98 Å². The summed E-state index contributed by atoms with van der Waals surface area (Å²) in [4.78, 5) is 15.8. The van der Waals surface area contributed by atoms with Gasteiger partial charge in [-0.2, -0.15) is 0 Å². The number of carboxylic acid groups (broad SMARTS) is 1. The predicted molar refractivity (Wildman–Crippen MR) is 118 cm³/mol. The van der Waals surface area contributed by atoms with Crippen LogP contribution in [0.2, 0.25) is 0 Å². The van der Waals surface area contributed by atoms with Gasteiger partial charge >= 0.3 is 5.97 Å². The van der Waals surface area contributed by atoms with Gasteiger partial charge in [0, 0.05) is 6.42 Å². The van der Waals surface area contributed by atoms with E-state index in [1.54, 1.807) is 18.4 Å². The maximum atomic E-state index is 11.2. The predicted octanol–water partition coefficient (Wildman–Crippen LogP) is 5.75. The Bertz CT molecular complexity index is 990. The number of rotatable bonds is 9. The van der Waals surface area contributed by atoms with Gasteiger partial charge in [0.15, 0.2) is 11.5 Å². The summed E-state index contributed by atoms with van der Waals surface area (Å²) < 4.78 is 12.4. The first-order valence-corrected chi connectivity index (χ1v) is 10.4. The van der Waals surface area contributed by atoms with E-state index in [1.807, 2.05) is 48.5 Å². The highest BCUT2D eigenvalue weighted by Crippen LogP contribution is 2.33. The zero-order chi connectivity index (χ0) is 20.8. The third-order valence-corrected chi connectivity index (χ3v) is 5.39. The first kappa shape index (κ1) is 20.9. The van der Waals surface area contributed by atoms with Crippen molar-refractivity contribution in [2.45, 2.75) is 26.7 Å². The van der Waals surface area contributed by atoms with Crippen molar-refractivity contribution in [2.24, 2.45) is 5.92 Å². The Kier molecular flexibility index (Phi) is 6.88. The molecule has 0 amide bonds. The summed E-state index contributed by atoms with van der Waals surface area (Å²) in [5.74, 6) is 0.944. The first-order chi connectivity index (χ1) is 14.0. The summed E-state index contributed by atoms with van der Waals surface area (Å²) in [6.45, 7) is 4.80. The first-order valence-electron chi connectivity index (χ1n) is 9.55. The van der Waals surface area contributed by atoms with Crippen LogP contribution in [0, 0.1) is 5.92 Å². The van der Waals surface area contributed by atoms with E-state index < -0.39 is 5.97 Å². The van der Waals surface area contributed by atoms with Gasteiger partial charge in [-0.15, -0.1) is 11.3 Å². The molecule has 0 saturated heterocycles. The minimum Gasteiger partial charge on any atom is -0.493 e. The van der Waals surface area contributed by atoms with E-state index in [-0.39, 0.29) is 6.42 Å². The highest BCUT2D eigenvalue weighted by Gasteiger charge is 2.12. The smallest absolute Gasteiger partial charge is 0.303 e. The number of ether oxygens (including phenoxy) is 2. The molecule has 0 radical (unpaired) electrons. The van der Waals surface area contributed by atoms with Gasteiger partial charge in [-0.1, -0.05) is 32.0 Å². The standard InChI is InChI=1S/C23H25NO4S/c1-15(2)14-28-19-10-8-16(13-20(19)27-3)12-17(9-11-22(25)26)23-24-18-6-4-5-7-21(18)29-23/h4-8,10,12-13,15H,9,11,14H2,1-3H3,(H,25,26)/b17-12+. The number of para-hydroxylation sites is 1. The van der Waals surface area contributed by atoms with E-state index in [1.165, 1.54) is 0 Å². The summed E-state index contributed by atoms with van der Waals surface area (Å²) in [6.07, 6.45) is 2.44. The molecule has 0 fully saturated rings. The zero-order valence-corrected chi connectivity index (χ0v) is 17.7. The lowest BCUT2D eigenvalue weighted by Crippen LogP contribution is -2.05. The van der Waals surface area contributed by atoms with Crippen molar-refractivity contribution in [1.82, 2.24) is 4.98 Å². The Morgan fingerprint density at radius 2 is 1.97 bits per heavy atom. The van der Waals surface area contributed by atoms with Gasteiger partial charge < -0.3 is 14.6 Å². The van der Waals surface area contributed by atoms with Crippen molar-refractivity contribution < 1.29 is 19.4 Å². The van der Waals surface area contributed by atoms with Gasteiger partial charge in [0.25, 0.3) is 0 Å². The number of benzene rings is 2.